The van der Waals surface area contributed by atoms with Crippen molar-refractivity contribution in [1.82, 2.24) is 9.94 Å². The standard InChI is InChI=1S/C16H13N3O4/c1-23-12-8-6-11(7-9-12)16-10-14(17-18(16)20)13-4-2-3-5-15(13)19(21)22/h2-10,20H,1H3. The minimum atomic E-state index is -0.473. The van der Waals surface area contributed by atoms with Crippen LogP contribution in [0.4, 0.5) is 5.69 Å². The van der Waals surface area contributed by atoms with Gasteiger partial charge < -0.3 is 9.94 Å². The van der Waals surface area contributed by atoms with Gasteiger partial charge in [0.2, 0.25) is 0 Å². The molecule has 0 unspecified atom stereocenters. The zero-order chi connectivity index (χ0) is 16.4. The fourth-order valence-corrected chi connectivity index (χ4v) is 2.31. The molecule has 0 aliphatic heterocycles. The third-order valence-corrected chi connectivity index (χ3v) is 3.45. The number of hydrogen-bond donors (Lipinski definition) is 1. The van der Waals surface area contributed by atoms with E-state index >= 15 is 0 Å². The number of nitro benzene ring substituents is 1. The largest absolute Gasteiger partial charge is 0.497 e. The number of ether oxygens (including phenoxy) is 1. The molecule has 7 heteroatoms. The smallest absolute Gasteiger partial charge is 0.278 e. The molecule has 1 N–H and O–H groups in total. The Bertz CT molecular complexity index is 856. The normalized spacial score (nSPS) is 10.5. The van der Waals surface area contributed by atoms with E-state index in [2.05, 4.69) is 5.10 Å². The van der Waals surface area contributed by atoms with Gasteiger partial charge in [0.15, 0.2) is 0 Å². The highest BCUT2D eigenvalue weighted by molar-refractivity contribution is 5.74. The van der Waals surface area contributed by atoms with Crippen LogP contribution in [0.3, 0.4) is 0 Å². The van der Waals surface area contributed by atoms with E-state index in [0.29, 0.717) is 33.1 Å². The summed E-state index contributed by atoms with van der Waals surface area (Å²) >= 11 is 0. The number of nitro groups is 1. The van der Waals surface area contributed by atoms with E-state index in [1.54, 1.807) is 55.6 Å². The molecule has 0 saturated carbocycles. The number of rotatable bonds is 4. The molecule has 116 valence electrons. The summed E-state index contributed by atoms with van der Waals surface area (Å²) < 4.78 is 5.09. The van der Waals surface area contributed by atoms with Gasteiger partial charge in [0.25, 0.3) is 5.69 Å². The maximum absolute atomic E-state index is 11.1. The molecule has 1 heterocycles. The topological polar surface area (TPSA) is 90.4 Å². The van der Waals surface area contributed by atoms with Crippen molar-refractivity contribution < 1.29 is 14.9 Å². The minimum absolute atomic E-state index is 0.0631. The molecular weight excluding hydrogens is 298 g/mol. The van der Waals surface area contributed by atoms with Crippen molar-refractivity contribution in [2.24, 2.45) is 0 Å². The number of para-hydroxylation sites is 1. The van der Waals surface area contributed by atoms with Gasteiger partial charge in [-0.3, -0.25) is 10.1 Å². The van der Waals surface area contributed by atoms with E-state index in [4.69, 9.17) is 4.74 Å². The minimum Gasteiger partial charge on any atom is -0.497 e. The van der Waals surface area contributed by atoms with Crippen molar-refractivity contribution in [3.05, 3.63) is 64.7 Å². The molecule has 2 aromatic carbocycles. The fraction of sp³-hybridized carbons (Fsp3) is 0.0625. The number of benzene rings is 2. The molecule has 0 aliphatic rings. The lowest BCUT2D eigenvalue weighted by Gasteiger charge is -2.02. The van der Waals surface area contributed by atoms with Crippen LogP contribution in [-0.2, 0) is 0 Å². The summed E-state index contributed by atoms with van der Waals surface area (Å²) in [5.74, 6) is 0.691. The molecule has 0 radical (unpaired) electrons. The maximum Gasteiger partial charge on any atom is 0.278 e. The van der Waals surface area contributed by atoms with E-state index in [1.807, 2.05) is 0 Å². The lowest BCUT2D eigenvalue weighted by Crippen LogP contribution is -1.96. The first-order valence-electron chi connectivity index (χ1n) is 6.77. The Balaban J connectivity index is 2.06. The van der Waals surface area contributed by atoms with E-state index in [9.17, 15) is 15.3 Å². The van der Waals surface area contributed by atoms with Gasteiger partial charge >= 0.3 is 0 Å². The molecule has 0 fully saturated rings. The average Bonchev–Trinajstić information content (AvgIpc) is 2.96. The second-order valence-corrected chi connectivity index (χ2v) is 4.81. The van der Waals surface area contributed by atoms with Crippen LogP contribution >= 0.6 is 0 Å². The molecule has 0 amide bonds. The first kappa shape index (κ1) is 14.6. The summed E-state index contributed by atoms with van der Waals surface area (Å²) in [5.41, 5.74) is 1.75. The van der Waals surface area contributed by atoms with Gasteiger partial charge in [-0.05, 0) is 36.4 Å². The van der Waals surface area contributed by atoms with Crippen molar-refractivity contribution in [3.63, 3.8) is 0 Å². The van der Waals surface area contributed by atoms with E-state index in [-0.39, 0.29) is 5.69 Å². The van der Waals surface area contributed by atoms with Crippen LogP contribution < -0.4 is 4.74 Å². The van der Waals surface area contributed by atoms with Crippen LogP contribution in [0.5, 0.6) is 5.75 Å². The van der Waals surface area contributed by atoms with Gasteiger partial charge in [-0.1, -0.05) is 12.1 Å². The van der Waals surface area contributed by atoms with Gasteiger partial charge in [0, 0.05) is 11.6 Å². The highest BCUT2D eigenvalue weighted by Gasteiger charge is 2.19. The molecule has 1 aromatic heterocycles. The molecule has 7 nitrogen and oxygen atoms in total. The first-order valence-corrected chi connectivity index (χ1v) is 6.77. The van der Waals surface area contributed by atoms with Crippen molar-refractivity contribution in [1.29, 1.82) is 0 Å². The van der Waals surface area contributed by atoms with E-state index in [0.717, 1.165) is 0 Å². The van der Waals surface area contributed by atoms with Crippen molar-refractivity contribution in [3.8, 4) is 28.3 Å². The Morgan fingerprint density at radius 3 is 2.52 bits per heavy atom. The van der Waals surface area contributed by atoms with Gasteiger partial charge in [-0.25, -0.2) is 0 Å². The molecule has 3 aromatic rings. The monoisotopic (exact) mass is 311 g/mol. The van der Waals surface area contributed by atoms with Crippen LogP contribution in [0.2, 0.25) is 0 Å². The Hall–Kier alpha value is -3.35. The van der Waals surface area contributed by atoms with Crippen LogP contribution in [-0.4, -0.2) is 27.2 Å². The maximum atomic E-state index is 11.1. The highest BCUT2D eigenvalue weighted by atomic mass is 16.6. The number of methoxy groups -OCH3 is 1. The summed E-state index contributed by atoms with van der Waals surface area (Å²) in [6.45, 7) is 0. The zero-order valence-electron chi connectivity index (χ0n) is 12.2. The average molecular weight is 311 g/mol. The number of hydrogen-bond acceptors (Lipinski definition) is 5. The lowest BCUT2D eigenvalue weighted by atomic mass is 10.1. The van der Waals surface area contributed by atoms with Crippen molar-refractivity contribution in [2.75, 3.05) is 7.11 Å². The zero-order valence-corrected chi connectivity index (χ0v) is 12.2. The molecule has 0 spiro atoms. The molecule has 0 aliphatic carbocycles. The summed E-state index contributed by atoms with van der Waals surface area (Å²) in [4.78, 5) is 11.4. The molecule has 0 saturated heterocycles. The summed E-state index contributed by atoms with van der Waals surface area (Å²) in [6, 6.07) is 14.9. The van der Waals surface area contributed by atoms with Crippen molar-refractivity contribution in [2.45, 2.75) is 0 Å². The van der Waals surface area contributed by atoms with Gasteiger partial charge in [-0.2, -0.15) is 0 Å². The Morgan fingerprint density at radius 1 is 1.17 bits per heavy atom. The Morgan fingerprint density at radius 2 is 1.87 bits per heavy atom. The number of aromatic nitrogens is 2. The Labute approximate surface area is 131 Å². The van der Waals surface area contributed by atoms with Gasteiger partial charge in [-0.15, -0.1) is 9.94 Å². The molecule has 0 bridgehead atoms. The van der Waals surface area contributed by atoms with Gasteiger partial charge in [0.1, 0.15) is 17.1 Å². The van der Waals surface area contributed by atoms with Crippen LogP contribution in [0.15, 0.2) is 54.6 Å². The second kappa shape index (κ2) is 5.80. The quantitative estimate of drug-likeness (QED) is 0.453. The fourth-order valence-electron chi connectivity index (χ4n) is 2.31. The van der Waals surface area contributed by atoms with E-state index < -0.39 is 4.92 Å². The molecule has 3 rings (SSSR count). The summed E-state index contributed by atoms with van der Waals surface area (Å²) in [7, 11) is 1.57. The first-order chi connectivity index (χ1) is 11.1. The summed E-state index contributed by atoms with van der Waals surface area (Å²) in [6.07, 6.45) is 0. The van der Waals surface area contributed by atoms with Crippen LogP contribution in [0, 0.1) is 10.1 Å². The highest BCUT2D eigenvalue weighted by Crippen LogP contribution is 2.31. The number of nitrogens with zero attached hydrogens (tertiary/aromatic N) is 3. The third kappa shape index (κ3) is 2.71. The SMILES string of the molecule is COc1ccc(-c2cc(-c3ccccc3[N+](=O)[O-])nn2O)cc1. The summed E-state index contributed by atoms with van der Waals surface area (Å²) in [5, 5.41) is 25.1. The van der Waals surface area contributed by atoms with Crippen LogP contribution in [0.25, 0.3) is 22.5 Å². The third-order valence-electron chi connectivity index (χ3n) is 3.45. The molecule has 23 heavy (non-hydrogen) atoms. The lowest BCUT2D eigenvalue weighted by molar-refractivity contribution is -0.384. The predicted molar refractivity (Wildman–Crippen MR) is 83.5 cm³/mol. The second-order valence-electron chi connectivity index (χ2n) is 4.81. The van der Waals surface area contributed by atoms with Crippen LogP contribution in [0.1, 0.15) is 0 Å². The van der Waals surface area contributed by atoms with E-state index in [1.165, 1.54) is 6.07 Å². The molecular formula is C16H13N3O4. The van der Waals surface area contributed by atoms with Crippen molar-refractivity contribution >= 4 is 5.69 Å². The molecule has 0 atom stereocenters. The Kier molecular flexibility index (Phi) is 3.68. The van der Waals surface area contributed by atoms with Gasteiger partial charge in [0.05, 0.1) is 17.6 Å². The predicted octanol–water partition coefficient (Wildman–Crippen LogP) is 3.37.